The second-order valence-electron chi connectivity index (χ2n) is 14.8. The van der Waals surface area contributed by atoms with Gasteiger partial charge in [-0.1, -0.05) is 74.0 Å². The molecular formula is C39H43NO9. The van der Waals surface area contributed by atoms with Crippen LogP contribution in [0.2, 0.25) is 0 Å². The first kappa shape index (κ1) is 33.6. The Kier molecular flexibility index (Phi) is 8.52. The van der Waals surface area contributed by atoms with Gasteiger partial charge in [0.1, 0.15) is 6.61 Å². The molecule has 258 valence electrons. The molecular weight excluding hydrogens is 626 g/mol. The Morgan fingerprint density at radius 2 is 1.82 bits per heavy atom. The first-order chi connectivity index (χ1) is 23.4. The van der Waals surface area contributed by atoms with Gasteiger partial charge in [0.15, 0.2) is 17.7 Å². The van der Waals surface area contributed by atoms with E-state index in [2.05, 4.69) is 18.3 Å². The van der Waals surface area contributed by atoms with Gasteiger partial charge in [-0.05, 0) is 67.2 Å². The van der Waals surface area contributed by atoms with Crippen LogP contribution in [0.3, 0.4) is 0 Å². The molecule has 7 rings (SSSR count). The van der Waals surface area contributed by atoms with Crippen molar-refractivity contribution in [2.45, 2.75) is 76.2 Å². The predicted molar refractivity (Wildman–Crippen MR) is 179 cm³/mol. The van der Waals surface area contributed by atoms with E-state index in [0.717, 1.165) is 47.3 Å². The lowest BCUT2D eigenvalue weighted by Gasteiger charge is -2.60. The number of anilines is 1. The van der Waals surface area contributed by atoms with E-state index in [1.54, 1.807) is 12.1 Å². The molecule has 1 aliphatic heterocycles. The van der Waals surface area contributed by atoms with Gasteiger partial charge in [-0.3, -0.25) is 9.59 Å². The number of amides is 1. The standard InChI is InChI=1S/C39H43NO9/c1-37-15-14-27(42)18-25(37)10-11-28-29-19-32-39(31(44)21-41,38(29,2)20-30(43)35(28)37)49-36(48-32)24-8-6-22(7-9-24)16-23-4-3-5-26(17-23)40-33(45)12-13-34(46)47/h3-9,12-15,17-18,27-30,32,35-36,41-43H,10-11,16,19-21H2,1-2H3,(H,40,45)(H,46,47)/b13-12-/t27?,28-,29-,30-,32+,35+,36+,37-,38-,39+/m0/s1. The zero-order valence-corrected chi connectivity index (χ0v) is 27.6. The third-order valence-corrected chi connectivity index (χ3v) is 12.1. The van der Waals surface area contributed by atoms with E-state index in [0.29, 0.717) is 24.9 Å². The summed E-state index contributed by atoms with van der Waals surface area (Å²) in [6.07, 6.45) is 7.95. The molecule has 2 aromatic carbocycles. The SMILES string of the molecule is C[C@]12C=CC(O)C=C1CC[C@@H]1[C@@H]2[C@@H](O)C[C@@]2(C)[C@H]1C[C@H]1O[C@@H](c3ccc(Cc4cccc(NC(=O)/C=C\C(=O)O)c4)cc3)O[C@]12C(=O)CO. The number of aliphatic carboxylic acids is 1. The van der Waals surface area contributed by atoms with Gasteiger partial charge in [-0.15, -0.1) is 0 Å². The van der Waals surface area contributed by atoms with Gasteiger partial charge in [0.25, 0.3) is 0 Å². The van der Waals surface area contributed by atoms with Crippen molar-refractivity contribution < 1.29 is 44.3 Å². The summed E-state index contributed by atoms with van der Waals surface area (Å²) in [6.45, 7) is 3.50. The van der Waals surface area contributed by atoms with Gasteiger partial charge in [0.05, 0.1) is 18.3 Å². The molecule has 0 bridgehead atoms. The highest BCUT2D eigenvalue weighted by molar-refractivity contribution is 6.02. The molecule has 2 aromatic rings. The average Bonchev–Trinajstić information content (AvgIpc) is 3.57. The number of carboxylic acids is 1. The van der Waals surface area contributed by atoms with Crippen molar-refractivity contribution in [2.24, 2.45) is 28.6 Å². The summed E-state index contributed by atoms with van der Waals surface area (Å²) in [6, 6.07) is 15.0. The molecule has 0 spiro atoms. The largest absolute Gasteiger partial charge is 0.478 e. The maximum Gasteiger partial charge on any atom is 0.328 e. The molecule has 5 N–H and O–H groups in total. The Hall–Kier alpha value is -3.93. The van der Waals surface area contributed by atoms with E-state index >= 15 is 0 Å². The van der Waals surface area contributed by atoms with E-state index in [4.69, 9.17) is 14.6 Å². The van der Waals surface area contributed by atoms with E-state index in [9.17, 15) is 29.7 Å². The molecule has 10 heteroatoms. The summed E-state index contributed by atoms with van der Waals surface area (Å²) >= 11 is 0. The van der Waals surface area contributed by atoms with Crippen LogP contribution in [0.1, 0.15) is 62.5 Å². The van der Waals surface area contributed by atoms with E-state index in [1.807, 2.05) is 55.5 Å². The topological polar surface area (TPSA) is 163 Å². The lowest BCUT2D eigenvalue weighted by Crippen LogP contribution is -2.63. The van der Waals surface area contributed by atoms with Gasteiger partial charge in [-0.25, -0.2) is 4.79 Å². The number of benzene rings is 2. The number of fused-ring (bicyclic) bond motifs is 7. The Bertz CT molecular complexity index is 1750. The monoisotopic (exact) mass is 669 g/mol. The lowest BCUT2D eigenvalue weighted by molar-refractivity contribution is -0.201. The molecule has 10 atom stereocenters. The molecule has 1 saturated heterocycles. The van der Waals surface area contributed by atoms with Crippen molar-refractivity contribution >= 4 is 23.3 Å². The molecule has 0 aromatic heterocycles. The van der Waals surface area contributed by atoms with Crippen molar-refractivity contribution in [1.82, 2.24) is 0 Å². The van der Waals surface area contributed by atoms with Crippen molar-refractivity contribution in [3.63, 3.8) is 0 Å². The number of carbonyl (C=O) groups excluding carboxylic acids is 2. The van der Waals surface area contributed by atoms with Crippen LogP contribution in [0.15, 0.2) is 84.5 Å². The van der Waals surface area contributed by atoms with Crippen molar-refractivity contribution in [3.05, 3.63) is 101 Å². The number of nitrogens with one attached hydrogen (secondary N) is 1. The molecule has 5 aliphatic rings. The van der Waals surface area contributed by atoms with Crippen LogP contribution in [0, 0.1) is 28.6 Å². The van der Waals surface area contributed by atoms with Crippen LogP contribution in [0.5, 0.6) is 0 Å². The summed E-state index contributed by atoms with van der Waals surface area (Å²) in [5, 5.41) is 43.8. The number of hydrogen-bond acceptors (Lipinski definition) is 8. The van der Waals surface area contributed by atoms with Gasteiger partial charge in [0.2, 0.25) is 5.91 Å². The Morgan fingerprint density at radius 3 is 2.55 bits per heavy atom. The van der Waals surface area contributed by atoms with Crippen LogP contribution < -0.4 is 5.32 Å². The molecule has 3 saturated carbocycles. The molecule has 1 heterocycles. The lowest BCUT2D eigenvalue weighted by atomic mass is 9.46. The summed E-state index contributed by atoms with van der Waals surface area (Å²) in [7, 11) is 0. The summed E-state index contributed by atoms with van der Waals surface area (Å²) in [5.74, 6) is -2.07. The van der Waals surface area contributed by atoms with Crippen LogP contribution in [0.25, 0.3) is 0 Å². The second-order valence-corrected chi connectivity index (χ2v) is 14.8. The molecule has 1 unspecified atom stereocenters. The molecule has 4 aliphatic carbocycles. The zero-order valence-electron chi connectivity index (χ0n) is 27.6. The van der Waals surface area contributed by atoms with Gasteiger partial charge in [0, 0.05) is 40.2 Å². The minimum Gasteiger partial charge on any atom is -0.478 e. The highest BCUT2D eigenvalue weighted by atomic mass is 16.7. The molecule has 49 heavy (non-hydrogen) atoms. The molecule has 10 nitrogen and oxygen atoms in total. The van der Waals surface area contributed by atoms with E-state index < -0.39 is 59.9 Å². The van der Waals surface area contributed by atoms with Crippen molar-refractivity contribution in [1.29, 1.82) is 0 Å². The van der Waals surface area contributed by atoms with E-state index in [1.165, 1.54) is 0 Å². The number of allylic oxidation sites excluding steroid dienone is 2. The number of carbonyl (C=O) groups is 3. The highest BCUT2D eigenvalue weighted by Crippen LogP contribution is 2.70. The number of ketones is 1. The average molecular weight is 670 g/mol. The quantitative estimate of drug-likeness (QED) is 0.204. The molecule has 4 fully saturated rings. The highest BCUT2D eigenvalue weighted by Gasteiger charge is 2.75. The summed E-state index contributed by atoms with van der Waals surface area (Å²) in [4.78, 5) is 36.5. The number of aliphatic hydroxyl groups is 3. The predicted octanol–water partition coefficient (Wildman–Crippen LogP) is 4.25. The van der Waals surface area contributed by atoms with Gasteiger partial charge >= 0.3 is 5.97 Å². The smallest absolute Gasteiger partial charge is 0.328 e. The summed E-state index contributed by atoms with van der Waals surface area (Å²) in [5.41, 5.74) is 1.85. The van der Waals surface area contributed by atoms with Gasteiger partial charge < -0.3 is 35.2 Å². The number of hydrogen-bond donors (Lipinski definition) is 5. The third kappa shape index (κ3) is 5.50. The fourth-order valence-electron chi connectivity index (χ4n) is 10.1. The number of ether oxygens (including phenoxy) is 2. The number of Topliss-reactive ketones (excluding diaryl/α,β-unsaturated/α-hetero) is 1. The maximum atomic E-state index is 13.8. The van der Waals surface area contributed by atoms with Gasteiger partial charge in [-0.2, -0.15) is 0 Å². The molecule has 0 radical (unpaired) electrons. The van der Waals surface area contributed by atoms with Crippen LogP contribution >= 0.6 is 0 Å². The fraction of sp³-hybridized carbons (Fsp3) is 0.462. The number of carboxylic acid groups (broad SMARTS) is 1. The van der Waals surface area contributed by atoms with Crippen LogP contribution in [0.4, 0.5) is 5.69 Å². The Balaban J connectivity index is 1.09. The van der Waals surface area contributed by atoms with Crippen molar-refractivity contribution in [2.75, 3.05) is 11.9 Å². The number of aliphatic hydroxyl groups excluding tert-OH is 3. The fourth-order valence-corrected chi connectivity index (χ4v) is 10.1. The maximum absolute atomic E-state index is 13.8. The Morgan fingerprint density at radius 1 is 1.04 bits per heavy atom. The number of rotatable bonds is 8. The first-order valence-corrected chi connectivity index (χ1v) is 17.0. The normalized spacial score (nSPS) is 37.5. The van der Waals surface area contributed by atoms with Crippen LogP contribution in [-0.4, -0.2) is 68.6 Å². The first-order valence-electron chi connectivity index (χ1n) is 17.0. The Labute approximate surface area is 285 Å². The third-order valence-electron chi connectivity index (χ3n) is 12.1. The summed E-state index contributed by atoms with van der Waals surface area (Å²) < 4.78 is 13.3. The minimum absolute atomic E-state index is 0.0390. The van der Waals surface area contributed by atoms with Crippen LogP contribution in [-0.2, 0) is 30.3 Å². The van der Waals surface area contributed by atoms with Crippen molar-refractivity contribution in [3.8, 4) is 0 Å². The molecule has 1 amide bonds. The minimum atomic E-state index is -1.40. The van der Waals surface area contributed by atoms with E-state index in [-0.39, 0.29) is 23.2 Å². The second kappa shape index (κ2) is 12.4. The zero-order chi connectivity index (χ0) is 34.7.